The Bertz CT molecular complexity index is 852. The molecule has 2 aliphatic rings. The first-order valence-electron chi connectivity index (χ1n) is 10.4. The van der Waals surface area contributed by atoms with Crippen LogP contribution in [0.3, 0.4) is 0 Å². The summed E-state index contributed by atoms with van der Waals surface area (Å²) < 4.78 is 2.05. The molecule has 1 saturated heterocycles. The third kappa shape index (κ3) is 3.84. The van der Waals surface area contributed by atoms with Gasteiger partial charge in [0.25, 0.3) is 0 Å². The molecular formula is C20H32N6O3. The lowest BCUT2D eigenvalue weighted by Gasteiger charge is -2.45. The summed E-state index contributed by atoms with van der Waals surface area (Å²) in [7, 11) is 0. The van der Waals surface area contributed by atoms with Crippen molar-refractivity contribution in [2.45, 2.75) is 51.3 Å². The molecule has 0 bridgehead atoms. The van der Waals surface area contributed by atoms with Gasteiger partial charge in [-0.15, -0.1) is 0 Å². The molecule has 1 saturated carbocycles. The van der Waals surface area contributed by atoms with Crippen molar-refractivity contribution in [2.24, 2.45) is 5.41 Å². The van der Waals surface area contributed by atoms with Crippen LogP contribution in [-0.2, 0) is 0 Å². The molecule has 160 valence electrons. The molecule has 2 aromatic rings. The van der Waals surface area contributed by atoms with Crippen molar-refractivity contribution in [1.29, 1.82) is 0 Å². The first-order valence-corrected chi connectivity index (χ1v) is 10.4. The minimum atomic E-state index is -0.704. The Labute approximate surface area is 171 Å². The lowest BCUT2D eigenvalue weighted by Crippen LogP contribution is -2.55. The first-order chi connectivity index (χ1) is 13.8. The number of nitrogens with zero attached hydrogens (tertiary/aromatic N) is 6. The standard InChI is InChI=1S/C20H32N6O3/c1-14-8-24(9-19(2,3)29)4-5-25(14)17-16-18(22-12-21-17)26(13-23-16)15-6-20(7-15,10-27)11-28/h12-15,27-29H,4-11H2,1-3H3. The molecule has 0 aromatic carbocycles. The third-order valence-corrected chi connectivity index (χ3v) is 6.34. The maximum absolute atomic E-state index is 10.1. The van der Waals surface area contributed by atoms with Crippen LogP contribution in [0.25, 0.3) is 11.2 Å². The molecule has 1 aliphatic carbocycles. The largest absolute Gasteiger partial charge is 0.396 e. The molecule has 0 amide bonds. The van der Waals surface area contributed by atoms with Gasteiger partial charge < -0.3 is 24.8 Å². The lowest BCUT2D eigenvalue weighted by molar-refractivity contribution is -0.0421. The second kappa shape index (κ2) is 7.46. The summed E-state index contributed by atoms with van der Waals surface area (Å²) in [5.41, 5.74) is 0.503. The van der Waals surface area contributed by atoms with Crippen molar-refractivity contribution >= 4 is 17.0 Å². The second-order valence-electron chi connectivity index (χ2n) is 9.49. The van der Waals surface area contributed by atoms with Crippen molar-refractivity contribution in [3.63, 3.8) is 0 Å². The Balaban J connectivity index is 1.53. The van der Waals surface area contributed by atoms with Crippen LogP contribution in [0.4, 0.5) is 5.82 Å². The Kier molecular flexibility index (Phi) is 5.27. The van der Waals surface area contributed by atoms with Gasteiger partial charge in [-0.25, -0.2) is 15.0 Å². The number of aliphatic hydroxyl groups is 3. The van der Waals surface area contributed by atoms with Gasteiger partial charge in [-0.1, -0.05) is 0 Å². The van der Waals surface area contributed by atoms with Crippen LogP contribution in [0.5, 0.6) is 0 Å². The minimum absolute atomic E-state index is 0.000692. The van der Waals surface area contributed by atoms with E-state index in [4.69, 9.17) is 0 Å². The van der Waals surface area contributed by atoms with Crippen molar-refractivity contribution < 1.29 is 15.3 Å². The van der Waals surface area contributed by atoms with Gasteiger partial charge in [0.2, 0.25) is 0 Å². The molecule has 1 atom stereocenters. The van der Waals surface area contributed by atoms with E-state index in [9.17, 15) is 15.3 Å². The molecule has 2 aromatic heterocycles. The number of aliphatic hydroxyl groups excluding tert-OH is 2. The molecule has 1 aliphatic heterocycles. The van der Waals surface area contributed by atoms with Crippen LogP contribution in [0.1, 0.15) is 39.7 Å². The molecule has 9 heteroatoms. The molecule has 0 radical (unpaired) electrons. The summed E-state index contributed by atoms with van der Waals surface area (Å²) in [6.07, 6.45) is 4.84. The molecule has 3 N–H and O–H groups in total. The van der Waals surface area contributed by atoms with Crippen molar-refractivity contribution in [1.82, 2.24) is 24.4 Å². The zero-order chi connectivity index (χ0) is 20.8. The van der Waals surface area contributed by atoms with Crippen LogP contribution >= 0.6 is 0 Å². The number of hydrogen-bond donors (Lipinski definition) is 3. The number of fused-ring (bicyclic) bond motifs is 1. The number of piperazine rings is 1. The normalized spacial score (nSPS) is 23.5. The van der Waals surface area contributed by atoms with E-state index in [2.05, 4.69) is 36.2 Å². The van der Waals surface area contributed by atoms with Crippen molar-refractivity contribution in [3.05, 3.63) is 12.7 Å². The maximum atomic E-state index is 10.1. The van der Waals surface area contributed by atoms with Crippen LogP contribution in [0.15, 0.2) is 12.7 Å². The summed E-state index contributed by atoms with van der Waals surface area (Å²) in [5.74, 6) is 0.846. The summed E-state index contributed by atoms with van der Waals surface area (Å²) in [5, 5.41) is 29.2. The number of anilines is 1. The molecule has 3 heterocycles. The van der Waals surface area contributed by atoms with Crippen molar-refractivity contribution in [3.8, 4) is 0 Å². The van der Waals surface area contributed by atoms with Gasteiger partial charge in [-0.2, -0.15) is 0 Å². The molecule has 9 nitrogen and oxygen atoms in total. The van der Waals surface area contributed by atoms with E-state index in [1.54, 1.807) is 12.7 Å². The predicted molar refractivity (Wildman–Crippen MR) is 110 cm³/mol. The number of aromatic nitrogens is 4. The van der Waals surface area contributed by atoms with Gasteiger partial charge in [-0.05, 0) is 33.6 Å². The molecule has 4 rings (SSSR count). The van der Waals surface area contributed by atoms with E-state index in [1.807, 2.05) is 13.8 Å². The fourth-order valence-corrected chi connectivity index (χ4v) is 4.80. The number of imidazole rings is 1. The SMILES string of the molecule is CC1CN(CC(C)(C)O)CCN1c1ncnc2c1ncn2C1CC(CO)(CO)C1. The van der Waals surface area contributed by atoms with Crippen LogP contribution in [0.2, 0.25) is 0 Å². The Morgan fingerprint density at radius 2 is 1.86 bits per heavy atom. The van der Waals surface area contributed by atoms with Gasteiger partial charge in [0.15, 0.2) is 17.0 Å². The van der Waals surface area contributed by atoms with Gasteiger partial charge >= 0.3 is 0 Å². The van der Waals surface area contributed by atoms with Crippen molar-refractivity contribution in [2.75, 3.05) is 44.3 Å². The monoisotopic (exact) mass is 404 g/mol. The molecule has 1 unspecified atom stereocenters. The molecule has 2 fully saturated rings. The maximum Gasteiger partial charge on any atom is 0.165 e. The predicted octanol–water partition coefficient (Wildman–Crippen LogP) is 0.414. The summed E-state index contributed by atoms with van der Waals surface area (Å²) in [6.45, 7) is 9.03. The summed E-state index contributed by atoms with van der Waals surface area (Å²) >= 11 is 0. The van der Waals surface area contributed by atoms with Gasteiger partial charge in [0.1, 0.15) is 6.33 Å². The highest BCUT2D eigenvalue weighted by atomic mass is 16.3. The van der Waals surface area contributed by atoms with Gasteiger partial charge in [0, 0.05) is 43.7 Å². The summed E-state index contributed by atoms with van der Waals surface area (Å²) in [6, 6.07) is 0.428. The van der Waals surface area contributed by atoms with E-state index in [-0.39, 0.29) is 30.7 Å². The smallest absolute Gasteiger partial charge is 0.165 e. The molecular weight excluding hydrogens is 372 g/mol. The van der Waals surface area contributed by atoms with E-state index < -0.39 is 5.60 Å². The average Bonchev–Trinajstić information content (AvgIpc) is 3.05. The van der Waals surface area contributed by atoms with Crippen LogP contribution in [-0.4, -0.2) is 90.8 Å². The molecule has 0 spiro atoms. The summed E-state index contributed by atoms with van der Waals surface area (Å²) in [4.78, 5) is 18.2. The first kappa shape index (κ1) is 20.5. The van der Waals surface area contributed by atoms with Crippen LogP contribution in [0, 0.1) is 5.41 Å². The number of hydrogen-bond acceptors (Lipinski definition) is 8. The lowest BCUT2D eigenvalue weighted by atomic mass is 9.66. The molecule has 29 heavy (non-hydrogen) atoms. The highest BCUT2D eigenvalue weighted by molar-refractivity contribution is 5.83. The Morgan fingerprint density at radius 1 is 1.14 bits per heavy atom. The second-order valence-corrected chi connectivity index (χ2v) is 9.49. The third-order valence-electron chi connectivity index (χ3n) is 6.34. The van der Waals surface area contributed by atoms with E-state index in [1.165, 1.54) is 0 Å². The Morgan fingerprint density at radius 3 is 2.48 bits per heavy atom. The number of rotatable bonds is 6. The van der Waals surface area contributed by atoms with Gasteiger partial charge in [-0.3, -0.25) is 4.90 Å². The minimum Gasteiger partial charge on any atom is -0.396 e. The highest BCUT2D eigenvalue weighted by Gasteiger charge is 2.45. The van der Waals surface area contributed by atoms with Gasteiger partial charge in [0.05, 0.1) is 25.1 Å². The van der Waals surface area contributed by atoms with E-state index in [0.717, 1.165) is 49.5 Å². The van der Waals surface area contributed by atoms with E-state index in [0.29, 0.717) is 6.54 Å². The topological polar surface area (TPSA) is 111 Å². The zero-order valence-electron chi connectivity index (χ0n) is 17.5. The highest BCUT2D eigenvalue weighted by Crippen LogP contribution is 2.48. The van der Waals surface area contributed by atoms with Crippen LogP contribution < -0.4 is 4.90 Å². The number of β-amino-alcohol motifs (C(OH)–C–C–N with tert-alkyl or cyclic N) is 1. The average molecular weight is 405 g/mol. The zero-order valence-corrected chi connectivity index (χ0v) is 17.5. The fourth-order valence-electron chi connectivity index (χ4n) is 4.80. The fraction of sp³-hybridized carbons (Fsp3) is 0.750. The Hall–Kier alpha value is -1.81. The quantitative estimate of drug-likeness (QED) is 0.635. The van der Waals surface area contributed by atoms with E-state index >= 15 is 0 Å².